The van der Waals surface area contributed by atoms with E-state index in [1.54, 1.807) is 10.9 Å². The lowest BCUT2D eigenvalue weighted by atomic mass is 9.98. The van der Waals surface area contributed by atoms with E-state index >= 15 is 0 Å². The smallest absolute Gasteiger partial charge is 0.122 e. The predicted octanol–water partition coefficient (Wildman–Crippen LogP) is 0.879. The summed E-state index contributed by atoms with van der Waals surface area (Å²) in [7, 11) is 1.83. The Kier molecular flexibility index (Phi) is 2.56. The maximum Gasteiger partial charge on any atom is 0.122 e. The van der Waals surface area contributed by atoms with E-state index in [9.17, 15) is 5.11 Å². The Morgan fingerprint density at radius 3 is 3.00 bits per heavy atom. The van der Waals surface area contributed by atoms with Gasteiger partial charge in [-0.25, -0.2) is 0 Å². The number of ether oxygens (including phenoxy) is 1. The van der Waals surface area contributed by atoms with E-state index in [2.05, 4.69) is 12.0 Å². The molecule has 3 atom stereocenters. The van der Waals surface area contributed by atoms with Crippen molar-refractivity contribution in [3.05, 3.63) is 18.0 Å². The van der Waals surface area contributed by atoms with Gasteiger partial charge in [0.15, 0.2) is 0 Å². The fourth-order valence-electron chi connectivity index (χ4n) is 1.96. The standard InChI is InChI=1S/C10H16N2O2/c1-7-4-6-14-10(7)9(13)8-3-5-11-12(8)2/h3,5,7,9-10,13H,4,6H2,1-2H3. The molecule has 0 spiro atoms. The van der Waals surface area contributed by atoms with Crippen LogP contribution in [0, 0.1) is 5.92 Å². The molecule has 1 N–H and O–H groups in total. The van der Waals surface area contributed by atoms with Crippen LogP contribution in [0.4, 0.5) is 0 Å². The van der Waals surface area contributed by atoms with E-state index in [0.29, 0.717) is 5.92 Å². The zero-order valence-electron chi connectivity index (χ0n) is 8.55. The molecule has 2 heterocycles. The van der Waals surface area contributed by atoms with E-state index in [1.807, 2.05) is 13.1 Å². The second kappa shape index (κ2) is 3.71. The number of hydrogen-bond donors (Lipinski definition) is 1. The lowest BCUT2D eigenvalue weighted by molar-refractivity contribution is -0.0215. The topological polar surface area (TPSA) is 47.3 Å². The fraction of sp³-hybridized carbons (Fsp3) is 0.700. The van der Waals surface area contributed by atoms with Crippen LogP contribution in [0.2, 0.25) is 0 Å². The van der Waals surface area contributed by atoms with Gasteiger partial charge in [-0.1, -0.05) is 6.92 Å². The molecule has 4 heteroatoms. The number of aryl methyl sites for hydroxylation is 1. The maximum atomic E-state index is 10.1. The Bertz CT molecular complexity index is 311. The lowest BCUT2D eigenvalue weighted by Gasteiger charge is -2.21. The monoisotopic (exact) mass is 196 g/mol. The first-order valence-corrected chi connectivity index (χ1v) is 4.97. The Morgan fingerprint density at radius 1 is 1.71 bits per heavy atom. The molecule has 1 aromatic heterocycles. The number of nitrogens with zero attached hydrogens (tertiary/aromatic N) is 2. The van der Waals surface area contributed by atoms with Gasteiger partial charge in [-0.3, -0.25) is 4.68 Å². The van der Waals surface area contributed by atoms with Gasteiger partial charge in [-0.05, 0) is 18.4 Å². The van der Waals surface area contributed by atoms with Crippen LogP contribution in [0.3, 0.4) is 0 Å². The molecule has 1 aromatic rings. The Hall–Kier alpha value is -0.870. The summed E-state index contributed by atoms with van der Waals surface area (Å²) in [4.78, 5) is 0. The van der Waals surface area contributed by atoms with E-state index < -0.39 is 6.10 Å². The number of hydrogen-bond acceptors (Lipinski definition) is 3. The zero-order valence-corrected chi connectivity index (χ0v) is 8.55. The van der Waals surface area contributed by atoms with Gasteiger partial charge in [-0.15, -0.1) is 0 Å². The molecule has 1 saturated heterocycles. The summed E-state index contributed by atoms with van der Waals surface area (Å²) in [5.41, 5.74) is 0.823. The minimum Gasteiger partial charge on any atom is -0.384 e. The minimum atomic E-state index is -0.556. The van der Waals surface area contributed by atoms with Gasteiger partial charge in [0.1, 0.15) is 6.10 Å². The first kappa shape index (κ1) is 9.68. The third-order valence-electron chi connectivity index (χ3n) is 2.92. The van der Waals surface area contributed by atoms with E-state index in [4.69, 9.17) is 4.74 Å². The molecule has 2 rings (SSSR count). The summed E-state index contributed by atoms with van der Waals surface area (Å²) in [5, 5.41) is 14.1. The lowest BCUT2D eigenvalue weighted by Crippen LogP contribution is -2.24. The molecule has 0 bridgehead atoms. The number of aliphatic hydroxyl groups excluding tert-OH is 1. The van der Waals surface area contributed by atoms with Gasteiger partial charge in [0.2, 0.25) is 0 Å². The number of rotatable bonds is 2. The first-order chi connectivity index (χ1) is 6.70. The third-order valence-corrected chi connectivity index (χ3v) is 2.92. The Labute approximate surface area is 83.5 Å². The van der Waals surface area contributed by atoms with E-state index in [1.165, 1.54) is 0 Å². The predicted molar refractivity (Wildman–Crippen MR) is 51.7 cm³/mol. The molecule has 1 fully saturated rings. The highest BCUT2D eigenvalue weighted by Crippen LogP contribution is 2.30. The van der Waals surface area contributed by atoms with Crippen molar-refractivity contribution in [3.8, 4) is 0 Å². The van der Waals surface area contributed by atoms with Crippen molar-refractivity contribution in [2.45, 2.75) is 25.6 Å². The maximum absolute atomic E-state index is 10.1. The molecule has 0 aromatic carbocycles. The van der Waals surface area contributed by atoms with Crippen LogP contribution in [0.15, 0.2) is 12.3 Å². The SMILES string of the molecule is CC1CCOC1C(O)c1ccnn1C. The highest BCUT2D eigenvalue weighted by atomic mass is 16.5. The quantitative estimate of drug-likeness (QED) is 0.763. The van der Waals surface area contributed by atoms with Crippen LogP contribution < -0.4 is 0 Å². The van der Waals surface area contributed by atoms with Crippen molar-refractivity contribution >= 4 is 0 Å². The average molecular weight is 196 g/mol. The molecular formula is C10H16N2O2. The molecular weight excluding hydrogens is 180 g/mol. The van der Waals surface area contributed by atoms with Gasteiger partial charge in [0, 0.05) is 19.9 Å². The van der Waals surface area contributed by atoms with Gasteiger partial charge < -0.3 is 9.84 Å². The second-order valence-corrected chi connectivity index (χ2v) is 3.93. The molecule has 0 amide bonds. The van der Waals surface area contributed by atoms with E-state index in [0.717, 1.165) is 18.7 Å². The molecule has 78 valence electrons. The number of aliphatic hydroxyl groups is 1. The third kappa shape index (κ3) is 1.55. The number of aromatic nitrogens is 2. The largest absolute Gasteiger partial charge is 0.384 e. The Balaban J connectivity index is 2.15. The fourth-order valence-corrected chi connectivity index (χ4v) is 1.96. The van der Waals surface area contributed by atoms with Gasteiger partial charge in [0.05, 0.1) is 11.8 Å². The van der Waals surface area contributed by atoms with Crippen molar-refractivity contribution in [1.82, 2.24) is 9.78 Å². The molecule has 0 saturated carbocycles. The Morgan fingerprint density at radius 2 is 2.50 bits per heavy atom. The molecule has 1 aliphatic heterocycles. The zero-order chi connectivity index (χ0) is 10.1. The van der Waals surface area contributed by atoms with Crippen molar-refractivity contribution in [2.75, 3.05) is 6.61 Å². The van der Waals surface area contributed by atoms with E-state index in [-0.39, 0.29) is 6.10 Å². The minimum absolute atomic E-state index is 0.0783. The summed E-state index contributed by atoms with van der Waals surface area (Å²) in [6.45, 7) is 2.86. The second-order valence-electron chi connectivity index (χ2n) is 3.93. The van der Waals surface area contributed by atoms with Crippen molar-refractivity contribution in [2.24, 2.45) is 13.0 Å². The summed E-state index contributed by atoms with van der Waals surface area (Å²) in [5.74, 6) is 0.417. The first-order valence-electron chi connectivity index (χ1n) is 4.97. The van der Waals surface area contributed by atoms with Crippen LogP contribution in [0.1, 0.15) is 25.1 Å². The van der Waals surface area contributed by atoms with Crippen LogP contribution in [0.25, 0.3) is 0 Å². The molecule has 0 radical (unpaired) electrons. The van der Waals surface area contributed by atoms with Gasteiger partial charge >= 0.3 is 0 Å². The average Bonchev–Trinajstić information content (AvgIpc) is 2.73. The molecule has 1 aliphatic rings. The van der Waals surface area contributed by atoms with Crippen molar-refractivity contribution < 1.29 is 9.84 Å². The van der Waals surface area contributed by atoms with Crippen LogP contribution >= 0.6 is 0 Å². The van der Waals surface area contributed by atoms with Crippen LogP contribution in [-0.2, 0) is 11.8 Å². The molecule has 0 aliphatic carbocycles. The van der Waals surface area contributed by atoms with Crippen molar-refractivity contribution in [1.29, 1.82) is 0 Å². The normalized spacial score (nSPS) is 29.4. The molecule has 4 nitrogen and oxygen atoms in total. The summed E-state index contributed by atoms with van der Waals surface area (Å²) in [6.07, 6.45) is 2.09. The summed E-state index contributed by atoms with van der Waals surface area (Å²) < 4.78 is 7.21. The highest BCUT2D eigenvalue weighted by molar-refractivity contribution is 5.07. The van der Waals surface area contributed by atoms with Crippen LogP contribution in [-0.4, -0.2) is 27.6 Å². The molecule has 14 heavy (non-hydrogen) atoms. The van der Waals surface area contributed by atoms with Crippen molar-refractivity contribution in [3.63, 3.8) is 0 Å². The van der Waals surface area contributed by atoms with Crippen LogP contribution in [0.5, 0.6) is 0 Å². The van der Waals surface area contributed by atoms with Gasteiger partial charge in [0.25, 0.3) is 0 Å². The summed E-state index contributed by atoms with van der Waals surface area (Å²) in [6, 6.07) is 1.83. The highest BCUT2D eigenvalue weighted by Gasteiger charge is 2.32. The summed E-state index contributed by atoms with van der Waals surface area (Å²) >= 11 is 0. The molecule has 3 unspecified atom stereocenters. The van der Waals surface area contributed by atoms with Gasteiger partial charge in [-0.2, -0.15) is 5.10 Å².